The van der Waals surface area contributed by atoms with Gasteiger partial charge in [-0.05, 0) is 43.9 Å². The normalized spacial score (nSPS) is 16.1. The summed E-state index contributed by atoms with van der Waals surface area (Å²) in [6.45, 7) is 8.54. The van der Waals surface area contributed by atoms with Crippen LogP contribution in [-0.2, 0) is 9.47 Å². The molecule has 2 N–H and O–H groups in total. The summed E-state index contributed by atoms with van der Waals surface area (Å²) in [6.07, 6.45) is 3.32. The Morgan fingerprint density at radius 2 is 1.84 bits per heavy atom. The van der Waals surface area contributed by atoms with Crippen LogP contribution in [0.5, 0.6) is 11.5 Å². The maximum atomic E-state index is 5.57. The number of morpholine rings is 1. The zero-order chi connectivity index (χ0) is 22.3. The van der Waals surface area contributed by atoms with Crippen LogP contribution in [0.25, 0.3) is 0 Å². The van der Waals surface area contributed by atoms with Gasteiger partial charge < -0.3 is 29.6 Å². The first-order chi connectivity index (χ1) is 15.2. The zero-order valence-corrected chi connectivity index (χ0v) is 19.6. The minimum Gasteiger partial charge on any atom is -0.493 e. The Labute approximate surface area is 187 Å². The molecule has 176 valence electrons. The molecule has 1 aliphatic rings. The number of aliphatic imine (C=N–C) groups is 1. The van der Waals surface area contributed by atoms with Crippen molar-refractivity contribution in [1.82, 2.24) is 15.5 Å². The third-order valence-corrected chi connectivity index (χ3v) is 5.36. The van der Waals surface area contributed by atoms with E-state index in [0.717, 1.165) is 82.7 Å². The third-order valence-electron chi connectivity index (χ3n) is 5.36. The summed E-state index contributed by atoms with van der Waals surface area (Å²) < 4.78 is 21.6. The minimum absolute atomic E-state index is 0.140. The first kappa shape index (κ1) is 25.2. The van der Waals surface area contributed by atoms with Gasteiger partial charge in [-0.25, -0.2) is 0 Å². The maximum absolute atomic E-state index is 5.57. The molecule has 1 unspecified atom stereocenters. The van der Waals surface area contributed by atoms with Gasteiger partial charge in [0.05, 0.1) is 40.0 Å². The van der Waals surface area contributed by atoms with Crippen LogP contribution in [0.2, 0.25) is 0 Å². The number of hydrogen-bond acceptors (Lipinski definition) is 6. The number of guanidine groups is 1. The SMILES string of the molecule is CCNC(=NCC(c1ccc(OC)c(OC)c1)N1CCOCC1)NCCCCCOC. The van der Waals surface area contributed by atoms with E-state index in [-0.39, 0.29) is 6.04 Å². The molecule has 0 aliphatic carbocycles. The molecule has 1 aromatic carbocycles. The summed E-state index contributed by atoms with van der Waals surface area (Å²) in [4.78, 5) is 7.35. The maximum Gasteiger partial charge on any atom is 0.191 e. The highest BCUT2D eigenvalue weighted by Crippen LogP contribution is 2.32. The lowest BCUT2D eigenvalue weighted by molar-refractivity contribution is 0.0179. The van der Waals surface area contributed by atoms with Crippen LogP contribution >= 0.6 is 0 Å². The molecular weight excluding hydrogens is 396 g/mol. The molecule has 1 fully saturated rings. The monoisotopic (exact) mass is 436 g/mol. The summed E-state index contributed by atoms with van der Waals surface area (Å²) in [5, 5.41) is 6.82. The number of benzene rings is 1. The summed E-state index contributed by atoms with van der Waals surface area (Å²) in [5.41, 5.74) is 1.17. The summed E-state index contributed by atoms with van der Waals surface area (Å²) in [6, 6.07) is 6.27. The Bertz CT molecular complexity index is 650. The highest BCUT2D eigenvalue weighted by Gasteiger charge is 2.24. The van der Waals surface area contributed by atoms with Crippen molar-refractivity contribution in [2.24, 2.45) is 4.99 Å². The van der Waals surface area contributed by atoms with E-state index in [1.165, 1.54) is 5.56 Å². The number of unbranched alkanes of at least 4 members (excludes halogenated alkanes) is 2. The van der Waals surface area contributed by atoms with E-state index in [0.29, 0.717) is 6.54 Å². The number of hydrogen-bond donors (Lipinski definition) is 2. The predicted molar refractivity (Wildman–Crippen MR) is 124 cm³/mol. The fourth-order valence-electron chi connectivity index (χ4n) is 3.66. The average Bonchev–Trinajstić information content (AvgIpc) is 2.81. The van der Waals surface area contributed by atoms with Gasteiger partial charge in [0.2, 0.25) is 0 Å². The average molecular weight is 437 g/mol. The highest BCUT2D eigenvalue weighted by molar-refractivity contribution is 5.79. The van der Waals surface area contributed by atoms with E-state index in [1.807, 2.05) is 6.07 Å². The smallest absolute Gasteiger partial charge is 0.191 e. The van der Waals surface area contributed by atoms with Gasteiger partial charge in [-0.1, -0.05) is 6.07 Å². The van der Waals surface area contributed by atoms with E-state index in [4.69, 9.17) is 23.9 Å². The Morgan fingerprint density at radius 3 is 2.52 bits per heavy atom. The molecule has 0 aromatic heterocycles. The second-order valence-electron chi connectivity index (χ2n) is 7.48. The second kappa shape index (κ2) is 14.9. The first-order valence-corrected chi connectivity index (χ1v) is 11.3. The number of methoxy groups -OCH3 is 3. The van der Waals surface area contributed by atoms with E-state index in [2.05, 4.69) is 34.6 Å². The van der Waals surface area contributed by atoms with Crippen molar-refractivity contribution >= 4 is 5.96 Å². The molecule has 1 aromatic rings. The topological polar surface area (TPSA) is 76.6 Å². The Morgan fingerprint density at radius 1 is 1.06 bits per heavy atom. The van der Waals surface area contributed by atoms with Gasteiger partial charge >= 0.3 is 0 Å². The molecule has 0 saturated carbocycles. The molecule has 1 heterocycles. The Hall–Kier alpha value is -2.03. The third kappa shape index (κ3) is 8.55. The fourth-order valence-corrected chi connectivity index (χ4v) is 3.66. The molecule has 0 spiro atoms. The van der Waals surface area contributed by atoms with Crippen LogP contribution in [-0.4, -0.2) is 84.7 Å². The molecule has 1 aliphatic heterocycles. The summed E-state index contributed by atoms with van der Waals surface area (Å²) >= 11 is 0. The van der Waals surface area contributed by atoms with Gasteiger partial charge in [-0.3, -0.25) is 9.89 Å². The minimum atomic E-state index is 0.140. The molecule has 31 heavy (non-hydrogen) atoms. The van der Waals surface area contributed by atoms with Crippen molar-refractivity contribution in [2.45, 2.75) is 32.2 Å². The largest absolute Gasteiger partial charge is 0.493 e. The van der Waals surface area contributed by atoms with Crippen LogP contribution in [0.3, 0.4) is 0 Å². The number of nitrogens with zero attached hydrogens (tertiary/aromatic N) is 2. The summed E-state index contributed by atoms with van der Waals surface area (Å²) in [5.74, 6) is 2.33. The molecule has 8 heteroatoms. The summed E-state index contributed by atoms with van der Waals surface area (Å²) in [7, 11) is 5.08. The van der Waals surface area contributed by atoms with Gasteiger partial charge in [0.25, 0.3) is 0 Å². The number of ether oxygens (including phenoxy) is 4. The van der Waals surface area contributed by atoms with E-state index in [1.54, 1.807) is 21.3 Å². The van der Waals surface area contributed by atoms with Crippen molar-refractivity contribution in [3.63, 3.8) is 0 Å². The lowest BCUT2D eigenvalue weighted by atomic mass is 10.0. The van der Waals surface area contributed by atoms with Crippen molar-refractivity contribution in [1.29, 1.82) is 0 Å². The van der Waals surface area contributed by atoms with Crippen molar-refractivity contribution in [2.75, 3.05) is 73.9 Å². The molecule has 2 rings (SSSR count). The molecule has 8 nitrogen and oxygen atoms in total. The van der Waals surface area contributed by atoms with Crippen molar-refractivity contribution in [3.8, 4) is 11.5 Å². The lowest BCUT2D eigenvalue weighted by Gasteiger charge is -2.34. The Balaban J connectivity index is 2.09. The van der Waals surface area contributed by atoms with Gasteiger partial charge in [-0.2, -0.15) is 0 Å². The predicted octanol–water partition coefficient (Wildman–Crippen LogP) is 2.45. The van der Waals surface area contributed by atoms with Crippen LogP contribution in [0.4, 0.5) is 0 Å². The molecule has 0 amide bonds. The van der Waals surface area contributed by atoms with E-state index < -0.39 is 0 Å². The van der Waals surface area contributed by atoms with E-state index >= 15 is 0 Å². The van der Waals surface area contributed by atoms with Crippen LogP contribution in [0, 0.1) is 0 Å². The molecule has 1 saturated heterocycles. The van der Waals surface area contributed by atoms with Crippen LogP contribution in [0.1, 0.15) is 37.8 Å². The number of rotatable bonds is 13. The molecule has 1 atom stereocenters. The van der Waals surface area contributed by atoms with Gasteiger partial charge in [0.1, 0.15) is 0 Å². The fraction of sp³-hybridized carbons (Fsp3) is 0.696. The molecule has 0 radical (unpaired) electrons. The van der Waals surface area contributed by atoms with Crippen molar-refractivity contribution in [3.05, 3.63) is 23.8 Å². The lowest BCUT2D eigenvalue weighted by Crippen LogP contribution is -2.42. The van der Waals surface area contributed by atoms with Gasteiger partial charge in [-0.15, -0.1) is 0 Å². The quantitative estimate of drug-likeness (QED) is 0.279. The van der Waals surface area contributed by atoms with Gasteiger partial charge in [0, 0.05) is 39.9 Å². The number of nitrogens with one attached hydrogen (secondary N) is 2. The van der Waals surface area contributed by atoms with Gasteiger partial charge in [0.15, 0.2) is 17.5 Å². The van der Waals surface area contributed by atoms with Crippen molar-refractivity contribution < 1.29 is 18.9 Å². The van der Waals surface area contributed by atoms with Crippen LogP contribution < -0.4 is 20.1 Å². The first-order valence-electron chi connectivity index (χ1n) is 11.3. The molecule has 0 bridgehead atoms. The molecular formula is C23H40N4O4. The standard InChI is InChI=1S/C23H40N4O4/c1-5-24-23(25-11-7-6-8-14-28-2)26-18-20(27-12-15-31-16-13-27)19-9-10-21(29-3)22(17-19)30-4/h9-10,17,20H,5-8,11-16,18H2,1-4H3,(H2,24,25,26). The second-order valence-corrected chi connectivity index (χ2v) is 7.48. The van der Waals surface area contributed by atoms with Crippen LogP contribution in [0.15, 0.2) is 23.2 Å². The van der Waals surface area contributed by atoms with E-state index in [9.17, 15) is 0 Å². The Kier molecular flexibility index (Phi) is 12.1. The highest BCUT2D eigenvalue weighted by atomic mass is 16.5. The zero-order valence-electron chi connectivity index (χ0n) is 19.6.